The first-order chi connectivity index (χ1) is 11.6. The van der Waals surface area contributed by atoms with Gasteiger partial charge in [0.15, 0.2) is 6.23 Å². The Balaban J connectivity index is 2.43. The molecule has 4 atom stereocenters. The smallest absolute Gasteiger partial charge is 0.353 e. The third-order valence-corrected chi connectivity index (χ3v) is 3.60. The maximum atomic E-state index is 14.1. The largest absolute Gasteiger partial charge is 0.406 e. The summed E-state index contributed by atoms with van der Waals surface area (Å²) in [4.78, 5) is 27.3. The number of esters is 1. The zero-order valence-corrected chi connectivity index (χ0v) is 13.4. The van der Waals surface area contributed by atoms with E-state index in [1.807, 2.05) is 0 Å². The number of halogens is 1. The molecular weight excluding hydrogens is 339 g/mol. The van der Waals surface area contributed by atoms with Crippen LogP contribution < -0.4 is 10.4 Å². The summed E-state index contributed by atoms with van der Waals surface area (Å²) >= 11 is 0. The van der Waals surface area contributed by atoms with Crippen LogP contribution in [-0.4, -0.2) is 55.5 Å². The quantitative estimate of drug-likeness (QED) is 0.448. The van der Waals surface area contributed by atoms with E-state index in [1.54, 1.807) is 13.8 Å². The van der Waals surface area contributed by atoms with Crippen molar-refractivity contribution in [3.63, 3.8) is 0 Å². The summed E-state index contributed by atoms with van der Waals surface area (Å²) in [6.45, 7) is 1.90. The summed E-state index contributed by atoms with van der Waals surface area (Å²) in [5.41, 5.74) is -1.19. The van der Waals surface area contributed by atoms with Crippen molar-refractivity contribution in [3.05, 3.63) is 22.2 Å². The van der Waals surface area contributed by atoms with Gasteiger partial charge in [-0.3, -0.25) is 9.36 Å². The Morgan fingerprint density at radius 3 is 2.72 bits per heavy atom. The van der Waals surface area contributed by atoms with E-state index in [0.29, 0.717) is 4.57 Å². The lowest BCUT2D eigenvalue weighted by Crippen LogP contribution is -2.42. The Morgan fingerprint density at radius 1 is 1.60 bits per heavy atom. The minimum absolute atomic E-state index is 0.126. The van der Waals surface area contributed by atoms with Gasteiger partial charge in [0, 0.05) is 6.20 Å². The SMILES string of the molecule is C#Cc1cn([C@@H]2O[C@](F)(CO)[C@@H](O)[C@H]2O)c(=O)nc1OC(=O)C(C)C. The maximum Gasteiger partial charge on any atom is 0.353 e. The zero-order chi connectivity index (χ0) is 18.9. The number of aliphatic hydroxyl groups excluding tert-OH is 3. The molecule has 25 heavy (non-hydrogen) atoms. The summed E-state index contributed by atoms with van der Waals surface area (Å²) in [6, 6.07) is 0. The fraction of sp³-hybridized carbons (Fsp3) is 0.533. The number of alkyl halides is 1. The molecule has 0 radical (unpaired) electrons. The number of hydrogen-bond acceptors (Lipinski definition) is 8. The maximum absolute atomic E-state index is 14.1. The second-order valence-corrected chi connectivity index (χ2v) is 5.76. The van der Waals surface area contributed by atoms with E-state index < -0.39 is 54.4 Å². The van der Waals surface area contributed by atoms with Gasteiger partial charge in [-0.25, -0.2) is 9.18 Å². The van der Waals surface area contributed by atoms with E-state index in [0.717, 1.165) is 6.20 Å². The van der Waals surface area contributed by atoms with Gasteiger partial charge in [-0.2, -0.15) is 4.98 Å². The molecule has 1 aliphatic heterocycles. The second-order valence-electron chi connectivity index (χ2n) is 5.76. The molecule has 1 aromatic heterocycles. The Bertz CT molecular complexity index is 772. The molecule has 3 N–H and O–H groups in total. The van der Waals surface area contributed by atoms with E-state index in [-0.39, 0.29) is 5.56 Å². The topological polar surface area (TPSA) is 131 Å². The molecule has 0 unspecified atom stereocenters. The van der Waals surface area contributed by atoms with E-state index in [9.17, 15) is 24.2 Å². The van der Waals surface area contributed by atoms with Crippen LogP contribution in [-0.2, 0) is 9.53 Å². The molecule has 1 saturated heterocycles. The molecule has 2 heterocycles. The number of carbonyl (C=O) groups excluding carboxylic acids is 1. The highest BCUT2D eigenvalue weighted by molar-refractivity contribution is 5.74. The Kier molecular flexibility index (Phi) is 5.24. The Hall–Kier alpha value is -2.32. The third kappa shape index (κ3) is 3.40. The van der Waals surface area contributed by atoms with E-state index >= 15 is 0 Å². The molecule has 0 bridgehead atoms. The Labute approximate surface area is 141 Å². The highest BCUT2D eigenvalue weighted by Crippen LogP contribution is 2.37. The first-order valence-electron chi connectivity index (χ1n) is 7.29. The molecule has 10 heteroatoms. The van der Waals surface area contributed by atoms with Gasteiger partial charge >= 0.3 is 11.7 Å². The van der Waals surface area contributed by atoms with E-state index in [2.05, 4.69) is 10.9 Å². The lowest BCUT2D eigenvalue weighted by Gasteiger charge is -2.20. The average molecular weight is 356 g/mol. The number of hydrogen-bond donors (Lipinski definition) is 3. The molecular formula is C15H17FN2O7. The number of nitrogens with zero attached hydrogens (tertiary/aromatic N) is 2. The van der Waals surface area contributed by atoms with Gasteiger partial charge in [-0.05, 0) is 0 Å². The summed E-state index contributed by atoms with van der Waals surface area (Å²) < 4.78 is 24.5. The number of aromatic nitrogens is 2. The van der Waals surface area contributed by atoms with Gasteiger partial charge in [-0.15, -0.1) is 6.42 Å². The third-order valence-electron chi connectivity index (χ3n) is 3.60. The predicted molar refractivity (Wildman–Crippen MR) is 80.0 cm³/mol. The predicted octanol–water partition coefficient (Wildman–Crippen LogP) is -1.31. The number of rotatable bonds is 4. The number of carbonyl (C=O) groups is 1. The molecule has 0 spiro atoms. The number of aliphatic hydroxyl groups is 3. The van der Waals surface area contributed by atoms with Crippen molar-refractivity contribution in [3.8, 4) is 18.2 Å². The molecule has 1 aromatic rings. The molecule has 2 rings (SSSR count). The highest BCUT2D eigenvalue weighted by Gasteiger charge is 2.56. The number of terminal acetylenes is 1. The van der Waals surface area contributed by atoms with Crippen molar-refractivity contribution in [1.82, 2.24) is 9.55 Å². The minimum Gasteiger partial charge on any atom is -0.406 e. The van der Waals surface area contributed by atoms with Crippen LogP contribution in [0.5, 0.6) is 5.88 Å². The van der Waals surface area contributed by atoms with Crippen LogP contribution >= 0.6 is 0 Å². The van der Waals surface area contributed by atoms with Gasteiger partial charge < -0.3 is 24.8 Å². The van der Waals surface area contributed by atoms with Crippen molar-refractivity contribution >= 4 is 5.97 Å². The second kappa shape index (κ2) is 6.89. The normalized spacial score (nSPS) is 28.8. The first-order valence-corrected chi connectivity index (χ1v) is 7.29. The fourth-order valence-corrected chi connectivity index (χ4v) is 2.13. The standard InChI is InChI=1S/C15H17FN2O7/c1-4-8-5-18(12-9(20)10(21)15(16,6-19)25-12)14(23)17-11(8)24-13(22)7(2)3/h1,5,7,9-10,12,19-21H,6H2,2-3H3/t9-,10+,12-,15-/m1/s1. The van der Waals surface area contributed by atoms with Crippen molar-refractivity contribution in [2.75, 3.05) is 6.61 Å². The van der Waals surface area contributed by atoms with Crippen LogP contribution in [0, 0.1) is 18.3 Å². The summed E-state index contributed by atoms with van der Waals surface area (Å²) in [7, 11) is 0. The van der Waals surface area contributed by atoms with Crippen molar-refractivity contribution in [1.29, 1.82) is 0 Å². The van der Waals surface area contributed by atoms with E-state index in [4.69, 9.17) is 21.0 Å². The number of ether oxygens (including phenoxy) is 2. The van der Waals surface area contributed by atoms with Crippen molar-refractivity contribution in [2.45, 2.75) is 38.1 Å². The molecule has 1 aliphatic rings. The molecule has 0 saturated carbocycles. The van der Waals surface area contributed by atoms with Gasteiger partial charge in [0.25, 0.3) is 5.85 Å². The minimum atomic E-state index is -2.96. The van der Waals surface area contributed by atoms with Crippen LogP contribution in [0.25, 0.3) is 0 Å². The van der Waals surface area contributed by atoms with Crippen LogP contribution in [0.4, 0.5) is 4.39 Å². The molecule has 1 fully saturated rings. The Morgan fingerprint density at radius 2 is 2.24 bits per heavy atom. The fourth-order valence-electron chi connectivity index (χ4n) is 2.13. The first kappa shape index (κ1) is 19.0. The molecule has 0 amide bonds. The lowest BCUT2D eigenvalue weighted by molar-refractivity contribution is -0.207. The monoisotopic (exact) mass is 356 g/mol. The summed E-state index contributed by atoms with van der Waals surface area (Å²) in [6.07, 6.45) is 0.622. The molecule has 9 nitrogen and oxygen atoms in total. The van der Waals surface area contributed by atoms with Crippen LogP contribution in [0.3, 0.4) is 0 Å². The average Bonchev–Trinajstić information content (AvgIpc) is 2.80. The van der Waals surface area contributed by atoms with Gasteiger partial charge in [-0.1, -0.05) is 19.8 Å². The summed E-state index contributed by atoms with van der Waals surface area (Å²) in [5, 5.41) is 28.5. The molecule has 0 aromatic carbocycles. The summed E-state index contributed by atoms with van der Waals surface area (Å²) in [5.74, 6) is -2.39. The van der Waals surface area contributed by atoms with Crippen molar-refractivity contribution in [2.24, 2.45) is 5.92 Å². The van der Waals surface area contributed by atoms with Gasteiger partial charge in [0.1, 0.15) is 24.4 Å². The van der Waals surface area contributed by atoms with Gasteiger partial charge in [0.2, 0.25) is 5.88 Å². The van der Waals surface area contributed by atoms with Crippen LogP contribution in [0.15, 0.2) is 11.0 Å². The molecule has 136 valence electrons. The zero-order valence-electron chi connectivity index (χ0n) is 13.4. The van der Waals surface area contributed by atoms with Crippen molar-refractivity contribution < 1.29 is 34.0 Å². The van der Waals surface area contributed by atoms with Crippen LogP contribution in [0.1, 0.15) is 25.6 Å². The van der Waals surface area contributed by atoms with Crippen LogP contribution in [0.2, 0.25) is 0 Å². The highest BCUT2D eigenvalue weighted by atomic mass is 19.2. The lowest BCUT2D eigenvalue weighted by atomic mass is 10.1. The van der Waals surface area contributed by atoms with E-state index in [1.165, 1.54) is 0 Å². The van der Waals surface area contributed by atoms with Gasteiger partial charge in [0.05, 0.1) is 5.92 Å². The molecule has 0 aliphatic carbocycles.